The van der Waals surface area contributed by atoms with Crippen molar-refractivity contribution in [2.24, 2.45) is 7.05 Å². The lowest BCUT2D eigenvalue weighted by Gasteiger charge is -2.21. The normalized spacial score (nSPS) is 15.5. The van der Waals surface area contributed by atoms with Gasteiger partial charge in [-0.25, -0.2) is 14.4 Å². The number of piperidine rings is 1. The van der Waals surface area contributed by atoms with Gasteiger partial charge in [-0.15, -0.1) is 10.2 Å². The van der Waals surface area contributed by atoms with Gasteiger partial charge < -0.3 is 14.6 Å². The summed E-state index contributed by atoms with van der Waals surface area (Å²) in [5.74, 6) is 1.14. The molecule has 7 nitrogen and oxygen atoms in total. The first-order valence-electron chi connectivity index (χ1n) is 8.43. The summed E-state index contributed by atoms with van der Waals surface area (Å²) in [6, 6.07) is 2.98. The molecule has 1 aromatic carbocycles. The van der Waals surface area contributed by atoms with Crippen LogP contribution in [0.25, 0.3) is 10.9 Å². The molecule has 1 aliphatic rings. The smallest absolute Gasteiger partial charge is 0.197 e. The van der Waals surface area contributed by atoms with Crippen molar-refractivity contribution in [3.8, 4) is 5.75 Å². The second-order valence-corrected chi connectivity index (χ2v) is 7.16. The number of benzene rings is 1. The van der Waals surface area contributed by atoms with Gasteiger partial charge in [-0.3, -0.25) is 0 Å². The minimum Gasteiger partial charge on any atom is -0.494 e. The van der Waals surface area contributed by atoms with Gasteiger partial charge in [-0.05, 0) is 43.8 Å². The zero-order valence-electron chi connectivity index (χ0n) is 14.6. The molecule has 26 heavy (non-hydrogen) atoms. The van der Waals surface area contributed by atoms with Gasteiger partial charge in [0, 0.05) is 24.4 Å². The Morgan fingerprint density at radius 1 is 1.23 bits per heavy atom. The lowest BCUT2D eigenvalue weighted by atomic mass is 9.97. The molecule has 0 bridgehead atoms. The lowest BCUT2D eigenvalue weighted by Crippen LogP contribution is -2.27. The van der Waals surface area contributed by atoms with Crippen LogP contribution < -0.4 is 10.1 Å². The largest absolute Gasteiger partial charge is 0.494 e. The number of aromatic nitrogens is 5. The number of nitrogens with zero attached hydrogens (tertiary/aromatic N) is 5. The van der Waals surface area contributed by atoms with E-state index >= 15 is 0 Å². The third-order valence-electron chi connectivity index (χ3n) is 4.63. The van der Waals surface area contributed by atoms with Crippen molar-refractivity contribution in [2.45, 2.75) is 28.9 Å². The fourth-order valence-corrected chi connectivity index (χ4v) is 4.07. The maximum Gasteiger partial charge on any atom is 0.197 e. The summed E-state index contributed by atoms with van der Waals surface area (Å²) in [5.41, 5.74) is 0.529. The lowest BCUT2D eigenvalue weighted by molar-refractivity contribution is 0.387. The van der Waals surface area contributed by atoms with Crippen molar-refractivity contribution < 1.29 is 9.13 Å². The monoisotopic (exact) mass is 374 g/mol. The molecule has 0 radical (unpaired) electrons. The molecule has 0 saturated carbocycles. The van der Waals surface area contributed by atoms with Gasteiger partial charge in [0.2, 0.25) is 0 Å². The molecule has 3 aromatic rings. The van der Waals surface area contributed by atoms with Crippen molar-refractivity contribution >= 4 is 22.7 Å². The maximum atomic E-state index is 13.9. The Kier molecular flexibility index (Phi) is 4.73. The highest BCUT2D eigenvalue weighted by Gasteiger charge is 2.22. The van der Waals surface area contributed by atoms with Crippen LogP contribution in [0.15, 0.2) is 28.6 Å². The second-order valence-electron chi connectivity index (χ2n) is 6.21. The zero-order chi connectivity index (χ0) is 18.1. The maximum absolute atomic E-state index is 13.9. The van der Waals surface area contributed by atoms with E-state index in [4.69, 9.17) is 4.74 Å². The summed E-state index contributed by atoms with van der Waals surface area (Å²) in [5, 5.41) is 14.3. The van der Waals surface area contributed by atoms with Crippen LogP contribution in [0.1, 0.15) is 24.6 Å². The minimum atomic E-state index is -0.443. The van der Waals surface area contributed by atoms with E-state index in [1.807, 2.05) is 11.6 Å². The van der Waals surface area contributed by atoms with Crippen molar-refractivity contribution in [1.29, 1.82) is 0 Å². The van der Waals surface area contributed by atoms with Crippen molar-refractivity contribution in [1.82, 2.24) is 30.0 Å². The minimum absolute atomic E-state index is 0.169. The van der Waals surface area contributed by atoms with Crippen LogP contribution in [0.2, 0.25) is 0 Å². The van der Waals surface area contributed by atoms with Gasteiger partial charge in [0.1, 0.15) is 17.2 Å². The zero-order valence-corrected chi connectivity index (χ0v) is 15.4. The summed E-state index contributed by atoms with van der Waals surface area (Å²) in [6.07, 6.45) is 3.55. The topological polar surface area (TPSA) is 77.8 Å². The average molecular weight is 374 g/mol. The molecule has 1 fully saturated rings. The number of methoxy groups -OCH3 is 1. The van der Waals surface area contributed by atoms with Gasteiger partial charge in [0.05, 0.1) is 12.6 Å². The Balaban J connectivity index is 1.68. The van der Waals surface area contributed by atoms with Crippen LogP contribution in [0, 0.1) is 5.82 Å². The summed E-state index contributed by atoms with van der Waals surface area (Å²) in [6.45, 7) is 2.00. The molecule has 136 valence electrons. The van der Waals surface area contributed by atoms with E-state index in [9.17, 15) is 4.39 Å². The summed E-state index contributed by atoms with van der Waals surface area (Å²) in [4.78, 5) is 8.50. The SMILES string of the molecule is COc1cc2c(Sc3nnc(C4CCNCC4)n3C)ncnc2cc1F. The summed E-state index contributed by atoms with van der Waals surface area (Å²) in [7, 11) is 3.41. The van der Waals surface area contributed by atoms with Crippen LogP contribution in [0.4, 0.5) is 4.39 Å². The highest BCUT2D eigenvalue weighted by Crippen LogP contribution is 2.34. The third kappa shape index (κ3) is 3.12. The van der Waals surface area contributed by atoms with Crippen LogP contribution in [-0.4, -0.2) is 44.9 Å². The van der Waals surface area contributed by atoms with E-state index in [0.717, 1.165) is 42.3 Å². The van der Waals surface area contributed by atoms with Gasteiger partial charge in [-0.1, -0.05) is 0 Å². The molecule has 1 N–H and O–H groups in total. The molecular weight excluding hydrogens is 355 g/mol. The third-order valence-corrected chi connectivity index (χ3v) is 5.69. The predicted octanol–water partition coefficient (Wildman–Crippen LogP) is 2.52. The molecule has 2 aromatic heterocycles. The van der Waals surface area contributed by atoms with E-state index in [2.05, 4.69) is 25.5 Å². The molecule has 0 spiro atoms. The first-order valence-corrected chi connectivity index (χ1v) is 9.25. The fourth-order valence-electron chi connectivity index (χ4n) is 3.21. The highest BCUT2D eigenvalue weighted by molar-refractivity contribution is 7.99. The van der Waals surface area contributed by atoms with Gasteiger partial charge in [0.15, 0.2) is 16.7 Å². The van der Waals surface area contributed by atoms with E-state index in [0.29, 0.717) is 16.5 Å². The second kappa shape index (κ2) is 7.16. The van der Waals surface area contributed by atoms with E-state index < -0.39 is 5.82 Å². The Morgan fingerprint density at radius 2 is 2.04 bits per heavy atom. The first-order chi connectivity index (χ1) is 12.7. The van der Waals surface area contributed by atoms with Crippen molar-refractivity contribution in [3.63, 3.8) is 0 Å². The Labute approximate surface area is 154 Å². The number of fused-ring (bicyclic) bond motifs is 1. The number of rotatable bonds is 4. The molecule has 4 rings (SSSR count). The number of hydrogen-bond acceptors (Lipinski definition) is 7. The quantitative estimate of drug-likeness (QED) is 0.703. The number of ether oxygens (including phenoxy) is 1. The molecule has 3 heterocycles. The van der Waals surface area contributed by atoms with Crippen molar-refractivity contribution in [2.75, 3.05) is 20.2 Å². The summed E-state index contributed by atoms with van der Waals surface area (Å²) >= 11 is 1.40. The Morgan fingerprint density at radius 3 is 2.81 bits per heavy atom. The molecule has 1 aliphatic heterocycles. The first kappa shape index (κ1) is 17.2. The summed E-state index contributed by atoms with van der Waals surface area (Å²) < 4.78 is 21.0. The molecule has 9 heteroatoms. The number of nitrogens with one attached hydrogen (secondary N) is 1. The van der Waals surface area contributed by atoms with Gasteiger partial charge >= 0.3 is 0 Å². The number of hydrogen-bond donors (Lipinski definition) is 1. The van der Waals surface area contributed by atoms with Gasteiger partial charge in [-0.2, -0.15) is 0 Å². The molecule has 0 unspecified atom stereocenters. The van der Waals surface area contributed by atoms with Crippen LogP contribution in [-0.2, 0) is 7.05 Å². The van der Waals surface area contributed by atoms with E-state index in [1.165, 1.54) is 31.3 Å². The average Bonchev–Trinajstić information content (AvgIpc) is 3.02. The van der Waals surface area contributed by atoms with Crippen LogP contribution in [0.5, 0.6) is 5.75 Å². The molecular formula is C17H19FN6OS. The van der Waals surface area contributed by atoms with Crippen LogP contribution >= 0.6 is 11.8 Å². The van der Waals surface area contributed by atoms with Crippen molar-refractivity contribution in [3.05, 3.63) is 30.1 Å². The highest BCUT2D eigenvalue weighted by atomic mass is 32.2. The molecule has 0 amide bonds. The van der Waals surface area contributed by atoms with Crippen LogP contribution in [0.3, 0.4) is 0 Å². The van der Waals surface area contributed by atoms with E-state index in [-0.39, 0.29) is 5.75 Å². The predicted molar refractivity (Wildman–Crippen MR) is 96.0 cm³/mol. The Hall–Kier alpha value is -2.26. The fraction of sp³-hybridized carbons (Fsp3) is 0.412. The van der Waals surface area contributed by atoms with E-state index in [1.54, 1.807) is 6.07 Å². The molecule has 0 aliphatic carbocycles. The Bertz CT molecular complexity index is 940. The molecule has 0 atom stereocenters. The standard InChI is InChI=1S/C17H19FN6OS/c1-24-15(10-3-5-19-6-4-10)22-23-17(24)26-16-11-7-14(25-2)12(18)8-13(11)20-9-21-16/h7-10,19H,3-6H2,1-2H3. The molecule has 1 saturated heterocycles. The van der Waals surface area contributed by atoms with Gasteiger partial charge in [0.25, 0.3) is 0 Å². The number of halogens is 1.